The highest BCUT2D eigenvalue weighted by Gasteiger charge is 2.26. The van der Waals surface area contributed by atoms with E-state index in [1.54, 1.807) is 11.1 Å². The maximum absolute atomic E-state index is 3.77. The first-order chi connectivity index (χ1) is 10.4. The molecule has 2 aliphatic carbocycles. The molecule has 0 saturated heterocycles. The molecule has 0 heteroatoms. The third kappa shape index (κ3) is 4.22. The minimum absolute atomic E-state index is 0.325. The number of rotatable bonds is 4. The molecule has 0 atom stereocenters. The van der Waals surface area contributed by atoms with Crippen molar-refractivity contribution < 1.29 is 0 Å². The molecule has 0 fully saturated rings. The molecule has 118 valence electrons. The van der Waals surface area contributed by atoms with Gasteiger partial charge in [0, 0.05) is 0 Å². The average molecular weight is 294 g/mol. The van der Waals surface area contributed by atoms with E-state index in [0.717, 1.165) is 12.8 Å². The predicted molar refractivity (Wildman–Crippen MR) is 98.8 cm³/mol. The SMILES string of the molecule is C=C/C=C1C=C(/C=C(C)\C=C\C2=C(C)CCCC2(C)C)CC/1. The molecule has 0 aliphatic heterocycles. The zero-order valence-electron chi connectivity index (χ0n) is 14.7. The molecule has 0 radical (unpaired) electrons. The van der Waals surface area contributed by atoms with Crippen molar-refractivity contribution in [3.8, 4) is 0 Å². The van der Waals surface area contributed by atoms with Crippen molar-refractivity contribution in [2.45, 2.75) is 59.8 Å². The molecule has 0 unspecified atom stereocenters. The van der Waals surface area contributed by atoms with E-state index in [2.05, 4.69) is 64.7 Å². The second-order valence-corrected chi connectivity index (χ2v) is 7.35. The monoisotopic (exact) mass is 294 g/mol. The van der Waals surface area contributed by atoms with Crippen molar-refractivity contribution in [2.75, 3.05) is 0 Å². The lowest BCUT2D eigenvalue weighted by atomic mass is 9.72. The fraction of sp³-hybridized carbons (Fsp3) is 0.455. The Morgan fingerprint density at radius 2 is 2.00 bits per heavy atom. The molecule has 0 aromatic carbocycles. The Hall–Kier alpha value is -1.56. The van der Waals surface area contributed by atoms with E-state index >= 15 is 0 Å². The van der Waals surface area contributed by atoms with Crippen LogP contribution in [0.1, 0.15) is 59.8 Å². The molecule has 0 aromatic rings. The summed E-state index contributed by atoms with van der Waals surface area (Å²) < 4.78 is 0. The molecular formula is C22H30. The summed E-state index contributed by atoms with van der Waals surface area (Å²) in [5, 5.41) is 0. The standard InChI is InChI=1S/C22H30/c1-6-8-19-11-12-20(16-19)15-17(2)10-13-21-18(3)9-7-14-22(21,4)5/h6,8,10,13,15-16H,1,7,9,11-12,14H2,2-5H3/b13-10+,17-15-,19-8+. The Morgan fingerprint density at radius 3 is 2.68 bits per heavy atom. The zero-order chi connectivity index (χ0) is 16.2. The van der Waals surface area contributed by atoms with E-state index in [1.807, 2.05) is 6.08 Å². The van der Waals surface area contributed by atoms with Crippen LogP contribution in [0.4, 0.5) is 0 Å². The van der Waals surface area contributed by atoms with Crippen LogP contribution in [0.25, 0.3) is 0 Å². The van der Waals surface area contributed by atoms with Gasteiger partial charge in [0.05, 0.1) is 0 Å². The lowest BCUT2D eigenvalue weighted by Crippen LogP contribution is -2.19. The lowest BCUT2D eigenvalue weighted by molar-refractivity contribution is 0.377. The van der Waals surface area contributed by atoms with Crippen LogP contribution < -0.4 is 0 Å². The van der Waals surface area contributed by atoms with Crippen LogP contribution in [0.5, 0.6) is 0 Å². The first kappa shape index (κ1) is 16.8. The Morgan fingerprint density at radius 1 is 1.23 bits per heavy atom. The van der Waals surface area contributed by atoms with Gasteiger partial charge in [-0.2, -0.15) is 0 Å². The molecule has 0 amide bonds. The second-order valence-electron chi connectivity index (χ2n) is 7.35. The summed E-state index contributed by atoms with van der Waals surface area (Å²) in [6, 6.07) is 0. The van der Waals surface area contributed by atoms with Crippen molar-refractivity contribution in [3.63, 3.8) is 0 Å². The summed E-state index contributed by atoms with van der Waals surface area (Å²) in [4.78, 5) is 0. The van der Waals surface area contributed by atoms with Gasteiger partial charge in [-0.05, 0) is 68.1 Å². The fourth-order valence-corrected chi connectivity index (χ4v) is 3.63. The van der Waals surface area contributed by atoms with E-state index in [9.17, 15) is 0 Å². The minimum Gasteiger partial charge on any atom is -0.0991 e. The van der Waals surface area contributed by atoms with Gasteiger partial charge in [0.15, 0.2) is 0 Å². The van der Waals surface area contributed by atoms with Gasteiger partial charge in [-0.1, -0.05) is 68.0 Å². The first-order valence-electron chi connectivity index (χ1n) is 8.51. The highest BCUT2D eigenvalue weighted by molar-refractivity contribution is 5.42. The van der Waals surface area contributed by atoms with Gasteiger partial charge in [0.1, 0.15) is 0 Å². The van der Waals surface area contributed by atoms with Gasteiger partial charge in [0.2, 0.25) is 0 Å². The largest absolute Gasteiger partial charge is 0.0991 e. The summed E-state index contributed by atoms with van der Waals surface area (Å²) in [5.41, 5.74) is 7.60. The summed E-state index contributed by atoms with van der Waals surface area (Å²) in [6.45, 7) is 13.0. The molecule has 0 saturated carbocycles. The van der Waals surface area contributed by atoms with Crippen LogP contribution in [0.3, 0.4) is 0 Å². The average Bonchev–Trinajstić information content (AvgIpc) is 2.85. The Kier molecular flexibility index (Phi) is 5.45. The van der Waals surface area contributed by atoms with E-state index in [1.165, 1.54) is 36.0 Å². The minimum atomic E-state index is 0.325. The third-order valence-electron chi connectivity index (χ3n) is 4.87. The maximum Gasteiger partial charge on any atom is -0.0104 e. The summed E-state index contributed by atoms with van der Waals surface area (Å²) >= 11 is 0. The molecule has 2 aliphatic rings. The Labute approximate surface area is 136 Å². The van der Waals surface area contributed by atoms with Crippen molar-refractivity contribution >= 4 is 0 Å². The smallest absolute Gasteiger partial charge is 0.0104 e. The topological polar surface area (TPSA) is 0 Å². The quantitative estimate of drug-likeness (QED) is 0.497. The van der Waals surface area contributed by atoms with Crippen LogP contribution in [0, 0.1) is 5.41 Å². The van der Waals surface area contributed by atoms with E-state index in [4.69, 9.17) is 0 Å². The summed E-state index contributed by atoms with van der Waals surface area (Å²) in [6.07, 6.45) is 19.5. The second kappa shape index (κ2) is 7.13. The Balaban J connectivity index is 2.13. The summed E-state index contributed by atoms with van der Waals surface area (Å²) in [5.74, 6) is 0. The van der Waals surface area contributed by atoms with Crippen LogP contribution in [-0.4, -0.2) is 0 Å². The highest BCUT2D eigenvalue weighted by Crippen LogP contribution is 2.40. The van der Waals surface area contributed by atoms with Gasteiger partial charge in [0.25, 0.3) is 0 Å². The van der Waals surface area contributed by atoms with Gasteiger partial charge < -0.3 is 0 Å². The molecule has 0 aromatic heterocycles. The zero-order valence-corrected chi connectivity index (χ0v) is 14.7. The van der Waals surface area contributed by atoms with Crippen LogP contribution in [0.15, 0.2) is 70.9 Å². The number of hydrogen-bond acceptors (Lipinski definition) is 0. The molecule has 0 spiro atoms. The van der Waals surface area contributed by atoms with E-state index in [0.29, 0.717) is 5.41 Å². The Bertz CT molecular complexity index is 586. The normalized spacial score (nSPS) is 24.3. The van der Waals surface area contributed by atoms with E-state index < -0.39 is 0 Å². The maximum atomic E-state index is 3.77. The van der Waals surface area contributed by atoms with Crippen molar-refractivity contribution in [1.29, 1.82) is 0 Å². The van der Waals surface area contributed by atoms with Crippen molar-refractivity contribution in [3.05, 3.63) is 70.9 Å². The lowest BCUT2D eigenvalue weighted by Gasteiger charge is -2.32. The summed E-state index contributed by atoms with van der Waals surface area (Å²) in [7, 11) is 0. The van der Waals surface area contributed by atoms with Crippen LogP contribution >= 0.6 is 0 Å². The highest BCUT2D eigenvalue weighted by atomic mass is 14.3. The fourth-order valence-electron chi connectivity index (χ4n) is 3.63. The third-order valence-corrected chi connectivity index (χ3v) is 4.87. The molecule has 22 heavy (non-hydrogen) atoms. The number of allylic oxidation sites excluding steroid dienone is 11. The van der Waals surface area contributed by atoms with Crippen LogP contribution in [-0.2, 0) is 0 Å². The molecule has 0 nitrogen and oxygen atoms in total. The van der Waals surface area contributed by atoms with Gasteiger partial charge in [-0.3, -0.25) is 0 Å². The van der Waals surface area contributed by atoms with E-state index in [-0.39, 0.29) is 0 Å². The van der Waals surface area contributed by atoms with Crippen molar-refractivity contribution in [2.24, 2.45) is 5.41 Å². The molecule has 0 heterocycles. The van der Waals surface area contributed by atoms with Gasteiger partial charge in [-0.25, -0.2) is 0 Å². The van der Waals surface area contributed by atoms with Gasteiger partial charge in [-0.15, -0.1) is 0 Å². The van der Waals surface area contributed by atoms with Crippen LogP contribution in [0.2, 0.25) is 0 Å². The van der Waals surface area contributed by atoms with Gasteiger partial charge >= 0.3 is 0 Å². The molecule has 2 rings (SSSR count). The molecular weight excluding hydrogens is 264 g/mol. The predicted octanol–water partition coefficient (Wildman–Crippen LogP) is 6.85. The molecule has 0 N–H and O–H groups in total. The molecule has 0 bridgehead atoms. The van der Waals surface area contributed by atoms with Crippen molar-refractivity contribution in [1.82, 2.24) is 0 Å². The number of hydrogen-bond donors (Lipinski definition) is 0. The first-order valence-corrected chi connectivity index (χ1v) is 8.51.